The maximum absolute atomic E-state index is 12.2. The van der Waals surface area contributed by atoms with E-state index in [4.69, 9.17) is 27.9 Å². The van der Waals surface area contributed by atoms with Gasteiger partial charge in [0.2, 0.25) is 0 Å². The Labute approximate surface area is 141 Å². The van der Waals surface area contributed by atoms with Crippen molar-refractivity contribution in [3.05, 3.63) is 28.2 Å². The molecule has 0 saturated carbocycles. The average molecular weight is 345 g/mol. The van der Waals surface area contributed by atoms with Gasteiger partial charge in [0.15, 0.2) is 0 Å². The molecule has 0 bridgehead atoms. The van der Waals surface area contributed by atoms with Gasteiger partial charge < -0.3 is 14.5 Å². The third-order valence-electron chi connectivity index (χ3n) is 3.51. The van der Waals surface area contributed by atoms with E-state index >= 15 is 0 Å². The van der Waals surface area contributed by atoms with Crippen LogP contribution in [0.5, 0.6) is 0 Å². The Morgan fingerprint density at radius 3 is 2.50 bits per heavy atom. The Hall–Kier alpha value is -1.13. The molecule has 0 unspecified atom stereocenters. The molecule has 4 nitrogen and oxygen atoms in total. The number of hydrogen-bond donors (Lipinski definition) is 0. The maximum atomic E-state index is 12.2. The number of ether oxygens (including phenoxy) is 1. The van der Waals surface area contributed by atoms with Crippen LogP contribution in [0.2, 0.25) is 10.0 Å². The fraction of sp³-hybridized carbons (Fsp3) is 0.562. The Kier molecular flexibility index (Phi) is 5.13. The zero-order valence-electron chi connectivity index (χ0n) is 13.4. The van der Waals surface area contributed by atoms with E-state index in [1.807, 2.05) is 39.8 Å². The second kappa shape index (κ2) is 6.55. The van der Waals surface area contributed by atoms with Crippen LogP contribution < -0.4 is 4.90 Å². The van der Waals surface area contributed by atoms with Crippen LogP contribution in [0.25, 0.3) is 0 Å². The van der Waals surface area contributed by atoms with E-state index in [0.29, 0.717) is 29.7 Å². The number of rotatable bonds is 1. The SMILES string of the molecule is C[C@@H]1CN(c2ccc(Cl)cc2Cl)CCN1C(=O)OC(C)(C)C. The van der Waals surface area contributed by atoms with E-state index < -0.39 is 5.60 Å². The first-order chi connectivity index (χ1) is 10.2. The first-order valence-corrected chi connectivity index (χ1v) is 8.12. The molecular formula is C16H22Cl2N2O2. The van der Waals surface area contributed by atoms with Crippen molar-refractivity contribution in [2.45, 2.75) is 39.3 Å². The van der Waals surface area contributed by atoms with E-state index in [9.17, 15) is 4.79 Å². The summed E-state index contributed by atoms with van der Waals surface area (Å²) in [6.07, 6.45) is -0.262. The summed E-state index contributed by atoms with van der Waals surface area (Å²) in [4.78, 5) is 16.2. The summed E-state index contributed by atoms with van der Waals surface area (Å²) < 4.78 is 5.45. The summed E-state index contributed by atoms with van der Waals surface area (Å²) in [5.41, 5.74) is 0.467. The summed E-state index contributed by atoms with van der Waals surface area (Å²) in [6, 6.07) is 5.53. The fourth-order valence-corrected chi connectivity index (χ4v) is 3.03. The molecule has 1 aliphatic rings. The summed E-state index contributed by atoms with van der Waals surface area (Å²) >= 11 is 12.2. The van der Waals surface area contributed by atoms with Gasteiger partial charge in [0.05, 0.1) is 10.7 Å². The first-order valence-electron chi connectivity index (χ1n) is 7.37. The van der Waals surface area contributed by atoms with Crippen LogP contribution in [0.1, 0.15) is 27.7 Å². The number of amides is 1. The highest BCUT2D eigenvalue weighted by Crippen LogP contribution is 2.30. The number of carbonyl (C=O) groups excluding carboxylic acids is 1. The van der Waals surface area contributed by atoms with E-state index in [2.05, 4.69) is 4.90 Å². The number of halogens is 2. The minimum atomic E-state index is -0.479. The van der Waals surface area contributed by atoms with Gasteiger partial charge in [0.1, 0.15) is 5.60 Å². The van der Waals surface area contributed by atoms with Crippen molar-refractivity contribution in [2.75, 3.05) is 24.5 Å². The van der Waals surface area contributed by atoms with Gasteiger partial charge in [0, 0.05) is 30.7 Å². The highest BCUT2D eigenvalue weighted by molar-refractivity contribution is 6.36. The lowest BCUT2D eigenvalue weighted by atomic mass is 10.1. The van der Waals surface area contributed by atoms with Gasteiger partial charge in [-0.2, -0.15) is 0 Å². The summed E-state index contributed by atoms with van der Waals surface area (Å²) in [5.74, 6) is 0. The average Bonchev–Trinajstić information content (AvgIpc) is 2.36. The van der Waals surface area contributed by atoms with Crippen molar-refractivity contribution in [2.24, 2.45) is 0 Å². The molecule has 1 aromatic carbocycles. The fourth-order valence-electron chi connectivity index (χ4n) is 2.51. The number of hydrogen-bond acceptors (Lipinski definition) is 3. The quantitative estimate of drug-likeness (QED) is 0.754. The zero-order valence-corrected chi connectivity index (χ0v) is 14.9. The molecule has 1 saturated heterocycles. The van der Waals surface area contributed by atoms with Gasteiger partial charge in [-0.3, -0.25) is 0 Å². The summed E-state index contributed by atoms with van der Waals surface area (Å²) in [7, 11) is 0. The number of carbonyl (C=O) groups is 1. The van der Waals surface area contributed by atoms with Crippen molar-refractivity contribution in [3.63, 3.8) is 0 Å². The molecule has 0 aromatic heterocycles. The monoisotopic (exact) mass is 344 g/mol. The van der Waals surface area contributed by atoms with Crippen molar-refractivity contribution in [1.29, 1.82) is 0 Å². The lowest BCUT2D eigenvalue weighted by molar-refractivity contribution is 0.0159. The largest absolute Gasteiger partial charge is 0.444 e. The molecule has 1 aliphatic heterocycles. The molecule has 1 heterocycles. The third-order valence-corrected chi connectivity index (χ3v) is 4.04. The lowest BCUT2D eigenvalue weighted by Gasteiger charge is -2.41. The molecule has 0 aliphatic carbocycles. The van der Waals surface area contributed by atoms with Gasteiger partial charge in [0.25, 0.3) is 0 Å². The molecule has 1 aromatic rings. The molecule has 6 heteroatoms. The summed E-state index contributed by atoms with van der Waals surface area (Å²) in [6.45, 7) is 9.67. The van der Waals surface area contributed by atoms with Crippen LogP contribution in [-0.2, 0) is 4.74 Å². The van der Waals surface area contributed by atoms with Crippen molar-refractivity contribution in [1.82, 2.24) is 4.90 Å². The van der Waals surface area contributed by atoms with Crippen LogP contribution in [0.3, 0.4) is 0 Å². The third kappa shape index (κ3) is 4.20. The first kappa shape index (κ1) is 17.2. The molecule has 122 valence electrons. The molecule has 2 rings (SSSR count). The molecule has 0 spiro atoms. The molecule has 1 atom stereocenters. The van der Waals surface area contributed by atoms with Crippen LogP contribution in [-0.4, -0.2) is 42.3 Å². The predicted octanol–water partition coefficient (Wildman–Crippen LogP) is 4.44. The summed E-state index contributed by atoms with van der Waals surface area (Å²) in [5, 5.41) is 1.25. The maximum Gasteiger partial charge on any atom is 0.410 e. The van der Waals surface area contributed by atoms with Crippen LogP contribution in [0.4, 0.5) is 10.5 Å². The second-order valence-electron chi connectivity index (χ2n) is 6.56. The van der Waals surface area contributed by atoms with Crippen molar-refractivity contribution < 1.29 is 9.53 Å². The smallest absolute Gasteiger partial charge is 0.410 e. The molecule has 1 amide bonds. The molecular weight excluding hydrogens is 323 g/mol. The number of nitrogens with zero attached hydrogens (tertiary/aromatic N) is 2. The van der Waals surface area contributed by atoms with Crippen LogP contribution in [0.15, 0.2) is 18.2 Å². The topological polar surface area (TPSA) is 32.8 Å². The van der Waals surface area contributed by atoms with Crippen LogP contribution in [0, 0.1) is 0 Å². The van der Waals surface area contributed by atoms with Gasteiger partial charge in [-0.25, -0.2) is 4.79 Å². The minimum absolute atomic E-state index is 0.0512. The van der Waals surface area contributed by atoms with E-state index in [1.165, 1.54) is 0 Å². The van der Waals surface area contributed by atoms with Gasteiger partial charge in [-0.05, 0) is 45.9 Å². The second-order valence-corrected chi connectivity index (χ2v) is 7.41. The Bertz CT molecular complexity index is 558. The lowest BCUT2D eigenvalue weighted by Crippen LogP contribution is -2.55. The normalized spacial score (nSPS) is 19.3. The number of piperazine rings is 1. The number of benzene rings is 1. The van der Waals surface area contributed by atoms with E-state index in [-0.39, 0.29) is 12.1 Å². The molecule has 22 heavy (non-hydrogen) atoms. The molecule has 0 N–H and O–H groups in total. The van der Waals surface area contributed by atoms with Gasteiger partial charge in [-0.1, -0.05) is 23.2 Å². The Morgan fingerprint density at radius 1 is 1.27 bits per heavy atom. The van der Waals surface area contributed by atoms with E-state index in [1.54, 1.807) is 11.0 Å². The standard InChI is InChI=1S/C16H22Cl2N2O2/c1-11-10-19(14-6-5-12(17)9-13(14)18)7-8-20(11)15(21)22-16(2,3)4/h5-6,9,11H,7-8,10H2,1-4H3/t11-/m1/s1. The highest BCUT2D eigenvalue weighted by atomic mass is 35.5. The van der Waals surface area contributed by atoms with Crippen LogP contribution >= 0.6 is 23.2 Å². The number of anilines is 1. The van der Waals surface area contributed by atoms with E-state index in [0.717, 1.165) is 5.69 Å². The van der Waals surface area contributed by atoms with Crippen molar-refractivity contribution >= 4 is 35.0 Å². The Morgan fingerprint density at radius 2 is 1.95 bits per heavy atom. The highest BCUT2D eigenvalue weighted by Gasteiger charge is 2.31. The zero-order chi connectivity index (χ0) is 16.5. The predicted molar refractivity (Wildman–Crippen MR) is 91.1 cm³/mol. The molecule has 1 fully saturated rings. The molecule has 0 radical (unpaired) electrons. The Balaban J connectivity index is 2.05. The van der Waals surface area contributed by atoms with Crippen molar-refractivity contribution in [3.8, 4) is 0 Å². The van der Waals surface area contributed by atoms with Gasteiger partial charge >= 0.3 is 6.09 Å². The minimum Gasteiger partial charge on any atom is -0.444 e. The van der Waals surface area contributed by atoms with Gasteiger partial charge in [-0.15, -0.1) is 0 Å².